The predicted molar refractivity (Wildman–Crippen MR) is 58.1 cm³/mol. The van der Waals surface area contributed by atoms with Gasteiger partial charge in [0.1, 0.15) is 5.78 Å². The van der Waals surface area contributed by atoms with E-state index in [1.54, 1.807) is 6.92 Å². The normalized spacial score (nSPS) is 10.7. The molecule has 0 atom stereocenters. The quantitative estimate of drug-likeness (QED) is 0.649. The lowest BCUT2D eigenvalue weighted by atomic mass is 9.81. The van der Waals surface area contributed by atoms with Crippen molar-refractivity contribution in [3.63, 3.8) is 0 Å². The monoisotopic (exact) mass is 186 g/mol. The molecule has 0 fully saturated rings. The van der Waals surface area contributed by atoms with Crippen LogP contribution >= 0.6 is 0 Å². The second-order valence-corrected chi connectivity index (χ2v) is 3.90. The van der Waals surface area contributed by atoms with Crippen molar-refractivity contribution in [2.45, 2.75) is 26.2 Å². The second kappa shape index (κ2) is 3.67. The van der Waals surface area contributed by atoms with Gasteiger partial charge in [-0.05, 0) is 38.5 Å². The van der Waals surface area contributed by atoms with Gasteiger partial charge in [-0.2, -0.15) is 0 Å². The highest BCUT2D eigenvalue weighted by molar-refractivity contribution is 5.87. The largest absolute Gasteiger partial charge is 0.299 e. The first-order chi connectivity index (χ1) is 6.48. The molecule has 0 aromatic heterocycles. The average Bonchev–Trinajstić information content (AvgIpc) is 2.17. The van der Waals surface area contributed by atoms with Crippen molar-refractivity contribution in [1.82, 2.24) is 0 Å². The number of terminal acetylenes is 1. The zero-order chi connectivity index (χ0) is 10.8. The summed E-state index contributed by atoms with van der Waals surface area (Å²) in [5.74, 6) is 2.71. The Morgan fingerprint density at radius 2 is 1.79 bits per heavy atom. The van der Waals surface area contributed by atoms with E-state index in [4.69, 9.17) is 6.42 Å². The van der Waals surface area contributed by atoms with Gasteiger partial charge in [0.25, 0.3) is 0 Å². The first kappa shape index (κ1) is 10.5. The van der Waals surface area contributed by atoms with Crippen molar-refractivity contribution in [3.8, 4) is 12.3 Å². The summed E-state index contributed by atoms with van der Waals surface area (Å²) in [6, 6.07) is 7.55. The van der Waals surface area contributed by atoms with Crippen LogP contribution < -0.4 is 0 Å². The van der Waals surface area contributed by atoms with Crippen molar-refractivity contribution in [3.05, 3.63) is 35.4 Å². The van der Waals surface area contributed by atoms with E-state index in [0.717, 1.165) is 11.1 Å². The molecular formula is C13H14O. The van der Waals surface area contributed by atoms with Crippen LogP contribution in [0.1, 0.15) is 31.9 Å². The van der Waals surface area contributed by atoms with Crippen LogP contribution in [0.5, 0.6) is 0 Å². The summed E-state index contributed by atoms with van der Waals surface area (Å²) in [5.41, 5.74) is 1.42. The molecule has 72 valence electrons. The fourth-order valence-corrected chi connectivity index (χ4v) is 1.19. The van der Waals surface area contributed by atoms with Crippen LogP contribution in [-0.4, -0.2) is 5.78 Å². The average molecular weight is 186 g/mol. The second-order valence-electron chi connectivity index (χ2n) is 3.90. The number of ketones is 1. The lowest BCUT2D eigenvalue weighted by Crippen LogP contribution is -2.26. The maximum atomic E-state index is 11.4. The zero-order valence-corrected chi connectivity index (χ0v) is 8.79. The van der Waals surface area contributed by atoms with Gasteiger partial charge in [0.2, 0.25) is 0 Å². The number of Topliss-reactive ketones (excluding diaryl/α,β-unsaturated/α-hetero) is 1. The third kappa shape index (κ3) is 1.85. The summed E-state index contributed by atoms with van der Waals surface area (Å²) in [4.78, 5) is 11.4. The van der Waals surface area contributed by atoms with E-state index >= 15 is 0 Å². The van der Waals surface area contributed by atoms with Crippen molar-refractivity contribution in [2.24, 2.45) is 0 Å². The van der Waals surface area contributed by atoms with E-state index in [2.05, 4.69) is 5.92 Å². The highest BCUT2D eigenvalue weighted by Gasteiger charge is 2.25. The molecular weight excluding hydrogens is 172 g/mol. The fourth-order valence-electron chi connectivity index (χ4n) is 1.19. The minimum absolute atomic E-state index is 0.158. The van der Waals surface area contributed by atoms with Crippen LogP contribution in [0.3, 0.4) is 0 Å². The molecule has 0 aliphatic heterocycles. The molecule has 1 rings (SSSR count). The molecule has 0 radical (unpaired) electrons. The number of hydrogen-bond donors (Lipinski definition) is 0. The van der Waals surface area contributed by atoms with Crippen molar-refractivity contribution < 1.29 is 4.79 Å². The summed E-state index contributed by atoms with van der Waals surface area (Å²) < 4.78 is 0. The van der Waals surface area contributed by atoms with Gasteiger partial charge in [-0.25, -0.2) is 0 Å². The molecule has 1 aromatic carbocycles. The van der Waals surface area contributed by atoms with Gasteiger partial charge in [-0.3, -0.25) is 4.79 Å². The summed E-state index contributed by atoms with van der Waals surface area (Å²) in [5, 5.41) is 0. The molecule has 1 heteroatoms. The Morgan fingerprint density at radius 1 is 1.29 bits per heavy atom. The van der Waals surface area contributed by atoms with E-state index in [1.807, 2.05) is 38.1 Å². The summed E-state index contributed by atoms with van der Waals surface area (Å²) in [6.45, 7) is 5.44. The molecule has 14 heavy (non-hydrogen) atoms. The van der Waals surface area contributed by atoms with Crippen LogP contribution in [-0.2, 0) is 10.2 Å². The Labute approximate surface area is 85.1 Å². The van der Waals surface area contributed by atoms with E-state index in [0.29, 0.717) is 0 Å². The van der Waals surface area contributed by atoms with Crippen LogP contribution in [0.2, 0.25) is 0 Å². The maximum Gasteiger partial charge on any atom is 0.139 e. The van der Waals surface area contributed by atoms with E-state index in [1.165, 1.54) is 0 Å². The number of rotatable bonds is 2. The molecule has 0 spiro atoms. The Balaban J connectivity index is 3.10. The van der Waals surface area contributed by atoms with Gasteiger partial charge >= 0.3 is 0 Å². The standard InChI is InChI=1S/C13H14O/c1-5-11-6-8-12(9-7-11)13(3,4)10(2)14/h1,6-9H,2-4H3. The zero-order valence-electron chi connectivity index (χ0n) is 8.79. The number of hydrogen-bond acceptors (Lipinski definition) is 1. The molecule has 0 saturated carbocycles. The minimum atomic E-state index is -0.423. The number of carbonyl (C=O) groups excluding carboxylic acids is 1. The minimum Gasteiger partial charge on any atom is -0.299 e. The Bertz CT molecular complexity index is 377. The van der Waals surface area contributed by atoms with Crippen LogP contribution in [0.25, 0.3) is 0 Å². The summed E-state index contributed by atoms with van der Waals surface area (Å²) in [6.07, 6.45) is 5.25. The molecule has 0 heterocycles. The van der Waals surface area contributed by atoms with Gasteiger partial charge in [-0.1, -0.05) is 18.1 Å². The first-order valence-electron chi connectivity index (χ1n) is 4.56. The van der Waals surface area contributed by atoms with Crippen LogP contribution in [0.4, 0.5) is 0 Å². The third-order valence-corrected chi connectivity index (χ3v) is 2.65. The molecule has 0 aliphatic carbocycles. The maximum absolute atomic E-state index is 11.4. The van der Waals surface area contributed by atoms with Gasteiger partial charge in [0.15, 0.2) is 0 Å². The van der Waals surface area contributed by atoms with Gasteiger partial charge in [-0.15, -0.1) is 6.42 Å². The van der Waals surface area contributed by atoms with E-state index in [9.17, 15) is 4.79 Å². The number of benzene rings is 1. The smallest absolute Gasteiger partial charge is 0.139 e. The lowest BCUT2D eigenvalue weighted by Gasteiger charge is -2.21. The van der Waals surface area contributed by atoms with Crippen molar-refractivity contribution >= 4 is 5.78 Å². The lowest BCUT2D eigenvalue weighted by molar-refractivity contribution is -0.121. The molecule has 1 aromatic rings. The first-order valence-corrected chi connectivity index (χ1v) is 4.56. The predicted octanol–water partition coefficient (Wildman–Crippen LogP) is 2.53. The highest BCUT2D eigenvalue weighted by atomic mass is 16.1. The summed E-state index contributed by atoms with van der Waals surface area (Å²) >= 11 is 0. The Kier molecular flexibility index (Phi) is 2.76. The molecule has 0 N–H and O–H groups in total. The van der Waals surface area contributed by atoms with Crippen LogP contribution in [0, 0.1) is 12.3 Å². The van der Waals surface area contributed by atoms with Gasteiger partial charge in [0.05, 0.1) is 0 Å². The molecule has 0 aliphatic rings. The van der Waals surface area contributed by atoms with E-state index in [-0.39, 0.29) is 5.78 Å². The van der Waals surface area contributed by atoms with Gasteiger partial charge < -0.3 is 0 Å². The van der Waals surface area contributed by atoms with Crippen molar-refractivity contribution in [2.75, 3.05) is 0 Å². The van der Waals surface area contributed by atoms with Gasteiger partial charge in [0, 0.05) is 11.0 Å². The number of carbonyl (C=O) groups is 1. The highest BCUT2D eigenvalue weighted by Crippen LogP contribution is 2.24. The molecule has 0 amide bonds. The molecule has 0 bridgehead atoms. The fraction of sp³-hybridized carbons (Fsp3) is 0.308. The van der Waals surface area contributed by atoms with E-state index < -0.39 is 5.41 Å². The molecule has 0 unspecified atom stereocenters. The van der Waals surface area contributed by atoms with Crippen molar-refractivity contribution in [1.29, 1.82) is 0 Å². The Hall–Kier alpha value is -1.55. The third-order valence-electron chi connectivity index (χ3n) is 2.65. The molecule has 0 saturated heterocycles. The topological polar surface area (TPSA) is 17.1 Å². The molecule has 1 nitrogen and oxygen atoms in total. The summed E-state index contributed by atoms with van der Waals surface area (Å²) in [7, 11) is 0. The SMILES string of the molecule is C#Cc1ccc(C(C)(C)C(C)=O)cc1. The van der Waals surface area contributed by atoms with Crippen LogP contribution in [0.15, 0.2) is 24.3 Å². The Morgan fingerprint density at radius 3 is 2.14 bits per heavy atom.